The number of carbonyl (C=O) groups excluding carboxylic acids is 3. The van der Waals surface area contributed by atoms with Crippen LogP contribution in [0.4, 0.5) is 4.79 Å². The van der Waals surface area contributed by atoms with E-state index in [1.807, 2.05) is 48.5 Å². The van der Waals surface area contributed by atoms with Crippen molar-refractivity contribution in [1.29, 1.82) is 0 Å². The molecule has 0 aromatic heterocycles. The molecule has 38 heavy (non-hydrogen) atoms. The third-order valence-corrected chi connectivity index (χ3v) is 6.58. The summed E-state index contributed by atoms with van der Waals surface area (Å²) in [6.07, 6.45) is -1.17. The number of esters is 1. The fourth-order valence-corrected chi connectivity index (χ4v) is 4.58. The van der Waals surface area contributed by atoms with Gasteiger partial charge >= 0.3 is 18.1 Å². The van der Waals surface area contributed by atoms with Crippen molar-refractivity contribution in [3.05, 3.63) is 95.6 Å². The van der Waals surface area contributed by atoms with Gasteiger partial charge in [0.25, 0.3) is 0 Å². The van der Waals surface area contributed by atoms with Gasteiger partial charge in [-0.1, -0.05) is 78.9 Å². The number of fused-ring (bicyclic) bond motifs is 3. The van der Waals surface area contributed by atoms with Crippen LogP contribution in [-0.2, 0) is 30.3 Å². The van der Waals surface area contributed by atoms with Crippen molar-refractivity contribution in [3.63, 3.8) is 0 Å². The maximum absolute atomic E-state index is 12.6. The molecule has 4 rings (SSSR count). The van der Waals surface area contributed by atoms with E-state index >= 15 is 0 Å². The molecule has 1 aliphatic rings. The zero-order valence-electron chi connectivity index (χ0n) is 20.7. The Labute approximate surface area is 219 Å². The predicted octanol–water partition coefficient (Wildman–Crippen LogP) is 3.25. The fourth-order valence-electron chi connectivity index (χ4n) is 4.58. The summed E-state index contributed by atoms with van der Waals surface area (Å²) in [5.74, 6) is -4.59. The number of carbonyl (C=O) groups is 4. The average molecular weight is 517 g/mol. The summed E-state index contributed by atoms with van der Waals surface area (Å²) in [6, 6.07) is 21.7. The number of benzene rings is 3. The Kier molecular flexibility index (Phi) is 8.18. The Bertz CT molecular complexity index is 1300. The smallest absolute Gasteiger partial charge is 0.481 e. The van der Waals surface area contributed by atoms with Gasteiger partial charge in [0.2, 0.25) is 5.91 Å². The summed E-state index contributed by atoms with van der Waals surface area (Å²) in [5.41, 5.74) is 10.7. The number of carboxylic acids is 1. The van der Waals surface area contributed by atoms with Gasteiger partial charge in [0.1, 0.15) is 12.6 Å². The van der Waals surface area contributed by atoms with E-state index < -0.39 is 42.0 Å². The molecule has 9 heteroatoms. The molecule has 196 valence electrons. The van der Waals surface area contributed by atoms with Gasteiger partial charge in [-0.15, -0.1) is 0 Å². The number of rotatable bonds is 9. The summed E-state index contributed by atoms with van der Waals surface area (Å²) in [5, 5.41) is 11.9. The molecule has 0 spiro atoms. The second-order valence-corrected chi connectivity index (χ2v) is 9.10. The molecule has 0 heterocycles. The molecule has 1 aliphatic carbocycles. The van der Waals surface area contributed by atoms with Crippen LogP contribution < -0.4 is 11.1 Å². The van der Waals surface area contributed by atoms with Gasteiger partial charge in [0.05, 0.1) is 12.0 Å². The zero-order valence-corrected chi connectivity index (χ0v) is 20.7. The minimum absolute atomic E-state index is 0.0311. The first-order valence-electron chi connectivity index (χ1n) is 12.2. The first kappa shape index (κ1) is 26.6. The van der Waals surface area contributed by atoms with Gasteiger partial charge in [-0.3, -0.25) is 9.59 Å². The minimum Gasteiger partial charge on any atom is -0.481 e. The predicted molar refractivity (Wildman–Crippen MR) is 138 cm³/mol. The number of carboxylic acid groups (broad SMARTS) is 1. The molecule has 0 saturated carbocycles. The van der Waals surface area contributed by atoms with Crippen LogP contribution in [0.15, 0.2) is 78.9 Å². The Hall–Kier alpha value is -4.50. The van der Waals surface area contributed by atoms with Crippen LogP contribution in [0.2, 0.25) is 0 Å². The van der Waals surface area contributed by atoms with Crippen LogP contribution >= 0.6 is 0 Å². The van der Waals surface area contributed by atoms with E-state index in [1.165, 1.54) is 6.92 Å². The Morgan fingerprint density at radius 1 is 0.895 bits per heavy atom. The third kappa shape index (κ3) is 5.90. The van der Waals surface area contributed by atoms with Crippen molar-refractivity contribution in [2.24, 2.45) is 11.7 Å². The molecule has 9 nitrogen and oxygen atoms in total. The van der Waals surface area contributed by atoms with E-state index in [1.54, 1.807) is 30.3 Å². The molecule has 0 fully saturated rings. The summed E-state index contributed by atoms with van der Waals surface area (Å²) in [6.45, 7) is 1.27. The number of hydrogen-bond acceptors (Lipinski definition) is 7. The summed E-state index contributed by atoms with van der Waals surface area (Å²) >= 11 is 0. The first-order valence-corrected chi connectivity index (χ1v) is 12.2. The van der Waals surface area contributed by atoms with Crippen molar-refractivity contribution in [2.45, 2.75) is 31.3 Å². The monoisotopic (exact) mass is 516 g/mol. The van der Waals surface area contributed by atoms with Crippen LogP contribution in [0.25, 0.3) is 11.1 Å². The van der Waals surface area contributed by atoms with Crippen molar-refractivity contribution in [2.75, 3.05) is 6.61 Å². The first-order chi connectivity index (χ1) is 18.3. The fraction of sp³-hybridized carbons (Fsp3) is 0.241. The van der Waals surface area contributed by atoms with E-state index in [4.69, 9.17) is 15.2 Å². The van der Waals surface area contributed by atoms with Crippen molar-refractivity contribution in [3.8, 4) is 11.1 Å². The number of amides is 1. The molecule has 0 saturated heterocycles. The minimum atomic E-state index is -1.43. The summed E-state index contributed by atoms with van der Waals surface area (Å²) in [4.78, 5) is 49.0. The van der Waals surface area contributed by atoms with Gasteiger partial charge in [0, 0.05) is 5.92 Å². The lowest BCUT2D eigenvalue weighted by molar-refractivity contribution is -0.146. The van der Waals surface area contributed by atoms with E-state index in [2.05, 4.69) is 5.32 Å². The van der Waals surface area contributed by atoms with Gasteiger partial charge in [-0.25, -0.2) is 9.59 Å². The SMILES string of the molecule is C[C@@H](NC(=O)[C@@H](N)C(Cc1ccccc1)C(=O)O)C(=O)OC(=O)OCC1c2ccccc2-c2ccccc21. The second kappa shape index (κ2) is 11.7. The molecular weight excluding hydrogens is 488 g/mol. The quantitative estimate of drug-likeness (QED) is 0.290. The van der Waals surface area contributed by atoms with Crippen LogP contribution in [-0.4, -0.2) is 47.8 Å². The second-order valence-electron chi connectivity index (χ2n) is 9.10. The standard InChI is InChI=1S/C29H28N2O7/c1-17(31-26(32)25(30)23(27(33)34)15-18-9-3-2-4-10-18)28(35)38-29(36)37-16-24-21-13-7-5-11-19(21)20-12-6-8-14-22(20)24/h2-14,17,23-25H,15-16,30H2,1H3,(H,31,32)(H,33,34)/t17-,23?,25+/m1/s1. The van der Waals surface area contributed by atoms with Crippen LogP contribution in [0, 0.1) is 5.92 Å². The highest BCUT2D eigenvalue weighted by atomic mass is 16.7. The van der Waals surface area contributed by atoms with E-state index in [-0.39, 0.29) is 18.9 Å². The highest BCUT2D eigenvalue weighted by molar-refractivity contribution is 5.92. The lowest BCUT2D eigenvalue weighted by Crippen LogP contribution is -2.52. The van der Waals surface area contributed by atoms with E-state index in [0.717, 1.165) is 22.3 Å². The van der Waals surface area contributed by atoms with Crippen LogP contribution in [0.3, 0.4) is 0 Å². The number of hydrogen-bond donors (Lipinski definition) is 3. The number of aliphatic carboxylic acids is 1. The van der Waals surface area contributed by atoms with Crippen LogP contribution in [0.5, 0.6) is 0 Å². The molecule has 0 bridgehead atoms. The molecule has 3 atom stereocenters. The lowest BCUT2D eigenvalue weighted by Gasteiger charge is -2.21. The molecule has 1 unspecified atom stereocenters. The Morgan fingerprint density at radius 3 is 2.03 bits per heavy atom. The average Bonchev–Trinajstić information content (AvgIpc) is 3.24. The summed E-state index contributed by atoms with van der Waals surface area (Å²) < 4.78 is 10.0. The third-order valence-electron chi connectivity index (χ3n) is 6.58. The molecule has 1 amide bonds. The van der Waals surface area contributed by atoms with Crippen LogP contribution in [0.1, 0.15) is 29.5 Å². The molecular formula is C29H28N2O7. The molecule has 0 aliphatic heterocycles. The molecule has 0 radical (unpaired) electrons. The molecule has 3 aromatic carbocycles. The normalized spacial score (nSPS) is 14.4. The number of ether oxygens (including phenoxy) is 2. The van der Waals surface area contributed by atoms with Gasteiger partial charge < -0.3 is 25.6 Å². The van der Waals surface area contributed by atoms with Gasteiger partial charge in [0.15, 0.2) is 0 Å². The highest BCUT2D eigenvalue weighted by Gasteiger charge is 2.33. The van der Waals surface area contributed by atoms with E-state index in [9.17, 15) is 24.3 Å². The zero-order chi connectivity index (χ0) is 27.2. The number of nitrogens with two attached hydrogens (primary N) is 1. The highest BCUT2D eigenvalue weighted by Crippen LogP contribution is 2.44. The van der Waals surface area contributed by atoms with Crippen molar-refractivity contribution < 1.29 is 33.8 Å². The maximum Gasteiger partial charge on any atom is 0.516 e. The topological polar surface area (TPSA) is 145 Å². The molecule has 3 aromatic rings. The van der Waals surface area contributed by atoms with E-state index in [0.29, 0.717) is 5.56 Å². The number of nitrogens with one attached hydrogen (secondary N) is 1. The van der Waals surface area contributed by atoms with Crippen molar-refractivity contribution in [1.82, 2.24) is 5.32 Å². The van der Waals surface area contributed by atoms with Crippen molar-refractivity contribution >= 4 is 24.0 Å². The Morgan fingerprint density at radius 2 is 1.45 bits per heavy atom. The van der Waals surface area contributed by atoms with Gasteiger partial charge in [-0.2, -0.15) is 0 Å². The molecule has 4 N–H and O–H groups in total. The summed E-state index contributed by atoms with van der Waals surface area (Å²) in [7, 11) is 0. The largest absolute Gasteiger partial charge is 0.516 e. The Balaban J connectivity index is 1.30. The van der Waals surface area contributed by atoms with Gasteiger partial charge in [-0.05, 0) is 41.2 Å². The lowest BCUT2D eigenvalue weighted by atomic mass is 9.92. The maximum atomic E-state index is 12.6.